The zero-order chi connectivity index (χ0) is 13.1. The fourth-order valence-electron chi connectivity index (χ4n) is 2.73. The number of rotatable bonds is 3. The smallest absolute Gasteiger partial charge is 0.223 e. The van der Waals surface area contributed by atoms with Gasteiger partial charge < -0.3 is 10.6 Å². The average molecular weight is 269 g/mol. The molecule has 5 heteroatoms. The highest BCUT2D eigenvalue weighted by Crippen LogP contribution is 2.31. The molecule has 2 N–H and O–H groups in total. The van der Waals surface area contributed by atoms with Crippen molar-refractivity contribution >= 4 is 23.4 Å². The van der Waals surface area contributed by atoms with Crippen LogP contribution < -0.4 is 10.6 Å². The van der Waals surface area contributed by atoms with Crippen LogP contribution in [0.4, 0.5) is 11.8 Å². The summed E-state index contributed by atoms with van der Waals surface area (Å²) in [6, 6.07) is 2.32. The molecule has 0 atom stereocenters. The Kier molecular flexibility index (Phi) is 4.27. The van der Waals surface area contributed by atoms with Gasteiger partial charge in [0.15, 0.2) is 0 Å². The monoisotopic (exact) mass is 268 g/mol. The molecule has 1 heterocycles. The number of hydrogen-bond acceptors (Lipinski definition) is 4. The van der Waals surface area contributed by atoms with Gasteiger partial charge in [0.1, 0.15) is 11.0 Å². The lowest BCUT2D eigenvalue weighted by molar-refractivity contribution is 0.313. The zero-order valence-electron chi connectivity index (χ0n) is 11.1. The molecule has 0 saturated heterocycles. The van der Waals surface area contributed by atoms with Gasteiger partial charge in [-0.2, -0.15) is 4.98 Å². The Bertz CT molecular complexity index is 382. The lowest BCUT2D eigenvalue weighted by atomic mass is 9.84. The van der Waals surface area contributed by atoms with E-state index < -0.39 is 0 Å². The molecule has 1 fully saturated rings. The van der Waals surface area contributed by atoms with Crippen molar-refractivity contribution in [2.45, 2.75) is 45.1 Å². The summed E-state index contributed by atoms with van der Waals surface area (Å²) in [4.78, 5) is 10.3. The van der Waals surface area contributed by atoms with Gasteiger partial charge in [0.05, 0.1) is 0 Å². The highest BCUT2D eigenvalue weighted by molar-refractivity contribution is 6.29. The summed E-state index contributed by atoms with van der Waals surface area (Å²) in [5.74, 6) is 1.97. The molecule has 0 aromatic carbocycles. The zero-order valence-corrected chi connectivity index (χ0v) is 11.8. The molecule has 1 aromatic heterocycles. The van der Waals surface area contributed by atoms with E-state index in [-0.39, 0.29) is 5.95 Å². The maximum atomic E-state index is 5.92. The van der Waals surface area contributed by atoms with Gasteiger partial charge >= 0.3 is 0 Å². The first kappa shape index (κ1) is 13.4. The lowest BCUT2D eigenvalue weighted by Gasteiger charge is -2.35. The molecule has 1 aliphatic carbocycles. The van der Waals surface area contributed by atoms with Gasteiger partial charge in [0, 0.05) is 19.2 Å². The number of nitrogen functional groups attached to an aromatic ring is 1. The largest absolute Gasteiger partial charge is 0.368 e. The van der Waals surface area contributed by atoms with E-state index >= 15 is 0 Å². The Morgan fingerprint density at radius 1 is 1.33 bits per heavy atom. The van der Waals surface area contributed by atoms with Crippen LogP contribution in [0.2, 0.25) is 5.15 Å². The second kappa shape index (κ2) is 5.74. The van der Waals surface area contributed by atoms with Crippen molar-refractivity contribution in [1.82, 2.24) is 9.97 Å². The third-order valence-electron chi connectivity index (χ3n) is 4.00. The second-order valence-corrected chi connectivity index (χ2v) is 5.49. The molecule has 4 nitrogen and oxygen atoms in total. The molecular formula is C13H21ClN4. The van der Waals surface area contributed by atoms with Crippen LogP contribution >= 0.6 is 11.6 Å². The molecule has 1 aliphatic rings. The first-order chi connectivity index (χ1) is 8.60. The third-order valence-corrected chi connectivity index (χ3v) is 4.20. The molecule has 0 unspecified atom stereocenters. The van der Waals surface area contributed by atoms with Gasteiger partial charge in [0.2, 0.25) is 5.95 Å². The van der Waals surface area contributed by atoms with Gasteiger partial charge in [-0.15, -0.1) is 0 Å². The van der Waals surface area contributed by atoms with Crippen LogP contribution in [0.3, 0.4) is 0 Å². The van der Waals surface area contributed by atoms with E-state index in [1.54, 1.807) is 6.07 Å². The average Bonchev–Trinajstić information content (AvgIpc) is 2.37. The summed E-state index contributed by atoms with van der Waals surface area (Å²) < 4.78 is 0. The van der Waals surface area contributed by atoms with Crippen LogP contribution in [0, 0.1) is 5.92 Å². The van der Waals surface area contributed by atoms with Crippen LogP contribution in [0.5, 0.6) is 0 Å². The standard InChI is InChI=1S/C13H21ClN4/c1-3-9-4-6-10(7-5-9)18(2)12-8-11(14)16-13(15)17-12/h8-10H,3-7H2,1-2H3,(H2,15,16,17). The number of aromatic nitrogens is 2. The SMILES string of the molecule is CCC1CCC(N(C)c2cc(Cl)nc(N)n2)CC1. The number of nitrogens with zero attached hydrogens (tertiary/aromatic N) is 3. The molecule has 18 heavy (non-hydrogen) atoms. The maximum absolute atomic E-state index is 5.92. The summed E-state index contributed by atoms with van der Waals surface area (Å²) in [7, 11) is 2.06. The molecule has 1 saturated carbocycles. The van der Waals surface area contributed by atoms with Crippen LogP contribution in [0.25, 0.3) is 0 Å². The van der Waals surface area contributed by atoms with Crippen LogP contribution in [0.15, 0.2) is 6.07 Å². The highest BCUT2D eigenvalue weighted by Gasteiger charge is 2.24. The topological polar surface area (TPSA) is 55.0 Å². The van der Waals surface area contributed by atoms with Crippen molar-refractivity contribution in [1.29, 1.82) is 0 Å². The van der Waals surface area contributed by atoms with E-state index in [0.717, 1.165) is 11.7 Å². The first-order valence-electron chi connectivity index (χ1n) is 6.63. The van der Waals surface area contributed by atoms with Gasteiger partial charge in [-0.3, -0.25) is 0 Å². The second-order valence-electron chi connectivity index (χ2n) is 5.10. The van der Waals surface area contributed by atoms with Crippen LogP contribution in [-0.4, -0.2) is 23.1 Å². The van der Waals surface area contributed by atoms with E-state index in [0.29, 0.717) is 11.2 Å². The summed E-state index contributed by atoms with van der Waals surface area (Å²) >= 11 is 5.92. The number of anilines is 2. The highest BCUT2D eigenvalue weighted by atomic mass is 35.5. The predicted molar refractivity (Wildman–Crippen MR) is 75.9 cm³/mol. The van der Waals surface area contributed by atoms with E-state index in [9.17, 15) is 0 Å². The van der Waals surface area contributed by atoms with E-state index in [1.807, 2.05) is 0 Å². The molecule has 1 aromatic rings. The molecule has 0 radical (unpaired) electrons. The summed E-state index contributed by atoms with van der Waals surface area (Å²) in [6.07, 6.45) is 6.34. The molecular weight excluding hydrogens is 248 g/mol. The Labute approximate surface area is 114 Å². The summed E-state index contributed by atoms with van der Waals surface area (Å²) in [5.41, 5.74) is 5.64. The minimum atomic E-state index is 0.242. The normalized spacial score (nSPS) is 23.9. The minimum Gasteiger partial charge on any atom is -0.368 e. The molecule has 0 aliphatic heterocycles. The predicted octanol–water partition coefficient (Wildman–Crippen LogP) is 3.12. The van der Waals surface area contributed by atoms with Crippen LogP contribution in [0.1, 0.15) is 39.0 Å². The lowest BCUT2D eigenvalue weighted by Crippen LogP contribution is -2.35. The quantitative estimate of drug-likeness (QED) is 0.856. The minimum absolute atomic E-state index is 0.242. The maximum Gasteiger partial charge on any atom is 0.223 e. The Morgan fingerprint density at radius 2 is 2.00 bits per heavy atom. The van der Waals surface area contributed by atoms with Gasteiger partial charge in [-0.1, -0.05) is 24.9 Å². The van der Waals surface area contributed by atoms with E-state index in [4.69, 9.17) is 17.3 Å². The summed E-state index contributed by atoms with van der Waals surface area (Å²) in [6.45, 7) is 2.28. The molecule has 0 amide bonds. The summed E-state index contributed by atoms with van der Waals surface area (Å²) in [5, 5.41) is 0.409. The van der Waals surface area contributed by atoms with Crippen molar-refractivity contribution in [3.63, 3.8) is 0 Å². The van der Waals surface area contributed by atoms with Crippen molar-refractivity contribution in [3.05, 3.63) is 11.2 Å². The molecule has 0 spiro atoms. The van der Waals surface area contributed by atoms with E-state index in [1.165, 1.54) is 32.1 Å². The van der Waals surface area contributed by atoms with Gasteiger partial charge in [-0.25, -0.2) is 4.98 Å². The Morgan fingerprint density at radius 3 is 2.56 bits per heavy atom. The number of hydrogen-bond donors (Lipinski definition) is 1. The van der Waals surface area contributed by atoms with Crippen molar-refractivity contribution < 1.29 is 0 Å². The van der Waals surface area contributed by atoms with Gasteiger partial charge in [0.25, 0.3) is 0 Å². The van der Waals surface area contributed by atoms with Crippen molar-refractivity contribution in [2.75, 3.05) is 17.7 Å². The van der Waals surface area contributed by atoms with Gasteiger partial charge in [-0.05, 0) is 31.6 Å². The molecule has 100 valence electrons. The van der Waals surface area contributed by atoms with Crippen molar-refractivity contribution in [3.8, 4) is 0 Å². The number of halogens is 1. The third kappa shape index (κ3) is 3.05. The van der Waals surface area contributed by atoms with E-state index in [2.05, 4.69) is 28.8 Å². The fraction of sp³-hybridized carbons (Fsp3) is 0.692. The first-order valence-corrected chi connectivity index (χ1v) is 7.00. The Balaban J connectivity index is 2.05. The van der Waals surface area contributed by atoms with Crippen molar-refractivity contribution in [2.24, 2.45) is 5.92 Å². The Hall–Kier alpha value is -1.03. The molecule has 0 bridgehead atoms. The fourth-order valence-corrected chi connectivity index (χ4v) is 2.92. The number of nitrogens with two attached hydrogens (primary N) is 1. The van der Waals surface area contributed by atoms with Crippen LogP contribution in [-0.2, 0) is 0 Å². The molecule has 2 rings (SSSR count).